The molecule has 5 heteroatoms. The molecule has 0 radical (unpaired) electrons. The first-order chi connectivity index (χ1) is 9.69. The van der Waals surface area contributed by atoms with Gasteiger partial charge in [-0.2, -0.15) is 0 Å². The summed E-state index contributed by atoms with van der Waals surface area (Å²) in [5, 5.41) is 1.22. The Bertz CT molecular complexity index is 395. The van der Waals surface area contributed by atoms with Gasteiger partial charge < -0.3 is 9.47 Å². The highest BCUT2D eigenvalue weighted by atomic mass is 32.2. The number of hydrogen-bond donors (Lipinski definition) is 0. The van der Waals surface area contributed by atoms with E-state index in [2.05, 4.69) is 12.2 Å². The fourth-order valence-corrected chi connectivity index (χ4v) is 3.73. The third kappa shape index (κ3) is 4.63. The van der Waals surface area contributed by atoms with Gasteiger partial charge in [0, 0.05) is 13.3 Å². The second kappa shape index (κ2) is 7.84. The van der Waals surface area contributed by atoms with Crippen LogP contribution in [0.2, 0.25) is 0 Å². The van der Waals surface area contributed by atoms with E-state index in [1.165, 1.54) is 12.0 Å². The number of allylic oxidation sites excluding steroid dienone is 2. The number of carbonyl (C=O) groups excluding carboxylic acids is 1. The summed E-state index contributed by atoms with van der Waals surface area (Å²) in [6.07, 6.45) is 9.40. The van der Waals surface area contributed by atoms with E-state index in [0.717, 1.165) is 32.1 Å². The summed E-state index contributed by atoms with van der Waals surface area (Å²) < 4.78 is 11.0. The van der Waals surface area contributed by atoms with E-state index < -0.39 is 0 Å². The smallest absolute Gasteiger partial charge is 0.302 e. The summed E-state index contributed by atoms with van der Waals surface area (Å²) >= 11 is 1.77. The van der Waals surface area contributed by atoms with Gasteiger partial charge in [-0.3, -0.25) is 9.79 Å². The lowest BCUT2D eigenvalue weighted by molar-refractivity contribution is -0.142. The van der Waals surface area contributed by atoms with Crippen molar-refractivity contribution in [3.8, 4) is 0 Å². The number of fused-ring (bicyclic) bond motifs is 1. The van der Waals surface area contributed by atoms with E-state index >= 15 is 0 Å². The zero-order valence-corrected chi connectivity index (χ0v) is 13.0. The molecule has 2 heterocycles. The van der Waals surface area contributed by atoms with Gasteiger partial charge in [-0.1, -0.05) is 23.9 Å². The van der Waals surface area contributed by atoms with Crippen LogP contribution < -0.4 is 0 Å². The van der Waals surface area contributed by atoms with Crippen molar-refractivity contribution in [2.24, 2.45) is 4.99 Å². The van der Waals surface area contributed by atoms with E-state index in [1.54, 1.807) is 11.8 Å². The van der Waals surface area contributed by atoms with Gasteiger partial charge in [0.2, 0.25) is 0 Å². The third-order valence-electron chi connectivity index (χ3n) is 3.49. The molecule has 0 aliphatic carbocycles. The van der Waals surface area contributed by atoms with Crippen molar-refractivity contribution in [2.75, 3.05) is 6.61 Å². The minimum atomic E-state index is -0.219. The number of aliphatic imine (C=N–C) groups is 1. The van der Waals surface area contributed by atoms with Crippen LogP contribution in [0.25, 0.3) is 0 Å². The molecule has 1 fully saturated rings. The molecule has 112 valence electrons. The topological polar surface area (TPSA) is 47.9 Å². The molecule has 0 amide bonds. The minimum absolute atomic E-state index is 0.173. The molecule has 2 rings (SSSR count). The minimum Gasteiger partial charge on any atom is -0.466 e. The molecule has 0 unspecified atom stereocenters. The molecule has 0 aromatic heterocycles. The van der Waals surface area contributed by atoms with Crippen molar-refractivity contribution in [3.63, 3.8) is 0 Å². The molecular formula is C15H23NO3S. The van der Waals surface area contributed by atoms with Gasteiger partial charge >= 0.3 is 5.97 Å². The first-order valence-corrected chi connectivity index (χ1v) is 8.20. The molecule has 3 atom stereocenters. The van der Waals surface area contributed by atoms with Gasteiger partial charge in [-0.05, 0) is 32.6 Å². The average molecular weight is 297 g/mol. The Balaban J connectivity index is 1.72. The summed E-state index contributed by atoms with van der Waals surface area (Å²) in [7, 11) is 0. The quantitative estimate of drug-likeness (QED) is 0.557. The van der Waals surface area contributed by atoms with Crippen molar-refractivity contribution in [1.29, 1.82) is 0 Å². The zero-order valence-electron chi connectivity index (χ0n) is 12.2. The molecule has 1 saturated heterocycles. The Labute approximate surface area is 125 Å². The number of ether oxygens (including phenoxy) is 2. The van der Waals surface area contributed by atoms with Crippen molar-refractivity contribution in [2.45, 2.75) is 63.5 Å². The van der Waals surface area contributed by atoms with Crippen LogP contribution in [-0.2, 0) is 14.3 Å². The Morgan fingerprint density at radius 3 is 3.15 bits per heavy atom. The van der Waals surface area contributed by atoms with E-state index in [1.807, 2.05) is 6.92 Å². The fourth-order valence-electron chi connectivity index (χ4n) is 2.47. The van der Waals surface area contributed by atoms with Crippen LogP contribution >= 0.6 is 11.8 Å². The zero-order chi connectivity index (χ0) is 14.4. The van der Waals surface area contributed by atoms with Crippen LogP contribution in [0.5, 0.6) is 0 Å². The molecule has 0 saturated carbocycles. The number of esters is 1. The third-order valence-corrected chi connectivity index (χ3v) is 4.73. The van der Waals surface area contributed by atoms with Crippen LogP contribution in [0.1, 0.15) is 46.0 Å². The van der Waals surface area contributed by atoms with Crippen LogP contribution in [0.3, 0.4) is 0 Å². The standard InChI is InChI=1S/C15H23NO3S/c1-3-4-5-6-14-16-13-8-7-12(19-15(13)20-14)9-10-18-11(2)17/h3-4,12-13,15H,5-10H2,1-2H3/b4-3+/t12-,13-,15-/m1/s1. The number of thioether (sulfide) groups is 1. The second-order valence-corrected chi connectivity index (χ2v) is 6.32. The summed E-state index contributed by atoms with van der Waals surface area (Å²) in [6, 6.07) is 0.325. The van der Waals surface area contributed by atoms with Gasteiger partial charge in [0.15, 0.2) is 0 Å². The van der Waals surface area contributed by atoms with Crippen LogP contribution in [0.4, 0.5) is 0 Å². The predicted molar refractivity (Wildman–Crippen MR) is 82.0 cm³/mol. The Kier molecular flexibility index (Phi) is 6.10. The summed E-state index contributed by atoms with van der Waals surface area (Å²) in [5.74, 6) is -0.219. The van der Waals surface area contributed by atoms with Gasteiger partial charge in [0.25, 0.3) is 0 Å². The largest absolute Gasteiger partial charge is 0.466 e. The van der Waals surface area contributed by atoms with Gasteiger partial charge in [0.1, 0.15) is 5.44 Å². The van der Waals surface area contributed by atoms with Crippen molar-refractivity contribution >= 4 is 22.8 Å². The summed E-state index contributed by atoms with van der Waals surface area (Å²) in [4.78, 5) is 15.5. The SMILES string of the molecule is C/C=C/CCC1=N[C@@H]2CC[C@H](CCOC(C)=O)O[C@@H]2S1. The molecule has 20 heavy (non-hydrogen) atoms. The number of carbonyl (C=O) groups is 1. The maximum atomic E-state index is 10.7. The first kappa shape index (κ1) is 15.6. The highest BCUT2D eigenvalue weighted by Gasteiger charge is 2.36. The lowest BCUT2D eigenvalue weighted by Crippen LogP contribution is -2.34. The monoisotopic (exact) mass is 297 g/mol. The first-order valence-electron chi connectivity index (χ1n) is 7.32. The summed E-state index contributed by atoms with van der Waals surface area (Å²) in [5.41, 5.74) is 0.173. The number of nitrogens with zero attached hydrogens (tertiary/aromatic N) is 1. The van der Waals surface area contributed by atoms with Crippen molar-refractivity contribution < 1.29 is 14.3 Å². The molecular weight excluding hydrogens is 274 g/mol. The van der Waals surface area contributed by atoms with E-state index in [-0.39, 0.29) is 17.5 Å². The fraction of sp³-hybridized carbons (Fsp3) is 0.733. The lowest BCUT2D eigenvalue weighted by Gasteiger charge is -2.30. The molecule has 0 aromatic rings. The molecule has 2 aliphatic heterocycles. The number of rotatable bonds is 6. The average Bonchev–Trinajstić information content (AvgIpc) is 2.80. The summed E-state index contributed by atoms with van der Waals surface area (Å²) in [6.45, 7) is 3.94. The molecule has 4 nitrogen and oxygen atoms in total. The predicted octanol–water partition coefficient (Wildman–Crippen LogP) is 3.31. The van der Waals surface area contributed by atoms with Crippen molar-refractivity contribution in [1.82, 2.24) is 0 Å². The maximum Gasteiger partial charge on any atom is 0.302 e. The molecule has 0 bridgehead atoms. The second-order valence-electron chi connectivity index (χ2n) is 5.15. The molecule has 0 N–H and O–H groups in total. The highest BCUT2D eigenvalue weighted by molar-refractivity contribution is 8.14. The Hall–Kier alpha value is -0.810. The highest BCUT2D eigenvalue weighted by Crippen LogP contribution is 2.37. The molecule has 0 spiro atoms. The van der Waals surface area contributed by atoms with E-state index in [0.29, 0.717) is 12.6 Å². The number of hydrogen-bond acceptors (Lipinski definition) is 5. The van der Waals surface area contributed by atoms with E-state index in [9.17, 15) is 4.79 Å². The normalized spacial score (nSPS) is 29.3. The van der Waals surface area contributed by atoms with Crippen LogP contribution in [0.15, 0.2) is 17.1 Å². The molecule has 0 aromatic carbocycles. The van der Waals surface area contributed by atoms with E-state index in [4.69, 9.17) is 14.5 Å². The molecule has 2 aliphatic rings. The van der Waals surface area contributed by atoms with Crippen molar-refractivity contribution in [3.05, 3.63) is 12.2 Å². The maximum absolute atomic E-state index is 10.7. The van der Waals surface area contributed by atoms with Gasteiger partial charge in [-0.25, -0.2) is 0 Å². The van der Waals surface area contributed by atoms with Gasteiger partial charge in [-0.15, -0.1) is 0 Å². The van der Waals surface area contributed by atoms with Crippen LogP contribution in [0, 0.1) is 0 Å². The Morgan fingerprint density at radius 1 is 1.55 bits per heavy atom. The lowest BCUT2D eigenvalue weighted by atomic mass is 10.0. The van der Waals surface area contributed by atoms with Crippen LogP contribution in [-0.4, -0.2) is 35.2 Å². The van der Waals surface area contributed by atoms with Gasteiger partial charge in [0.05, 0.1) is 23.8 Å². The Morgan fingerprint density at radius 2 is 2.40 bits per heavy atom.